The van der Waals surface area contributed by atoms with Crippen LogP contribution in [0.25, 0.3) is 0 Å². The highest BCUT2D eigenvalue weighted by Crippen LogP contribution is 2.17. The van der Waals surface area contributed by atoms with Crippen molar-refractivity contribution in [2.24, 2.45) is 0 Å². The van der Waals surface area contributed by atoms with E-state index in [4.69, 9.17) is 5.11 Å². The van der Waals surface area contributed by atoms with Gasteiger partial charge in [-0.05, 0) is 31.4 Å². The van der Waals surface area contributed by atoms with E-state index in [0.29, 0.717) is 5.92 Å². The lowest BCUT2D eigenvalue weighted by Gasteiger charge is -2.14. The predicted molar refractivity (Wildman–Crippen MR) is 64.6 cm³/mol. The molecule has 0 aromatic heterocycles. The third-order valence-electron chi connectivity index (χ3n) is 2.77. The molecule has 0 aliphatic rings. The lowest BCUT2D eigenvalue weighted by atomic mass is 9.98. The van der Waals surface area contributed by atoms with Gasteiger partial charge in [-0.15, -0.1) is 0 Å². The van der Waals surface area contributed by atoms with E-state index in [0.717, 1.165) is 13.0 Å². The Labute approximate surface area is 96.5 Å². The van der Waals surface area contributed by atoms with Crippen molar-refractivity contribution in [1.29, 1.82) is 0 Å². The summed E-state index contributed by atoms with van der Waals surface area (Å²) in [5.41, 5.74) is 1.30. The average Bonchev–Trinajstić information content (AvgIpc) is 2.29. The van der Waals surface area contributed by atoms with Crippen LogP contribution in [0, 0.1) is 0 Å². The lowest BCUT2D eigenvalue weighted by molar-refractivity contribution is -0.138. The van der Waals surface area contributed by atoms with E-state index in [9.17, 15) is 4.79 Å². The van der Waals surface area contributed by atoms with Gasteiger partial charge >= 0.3 is 5.97 Å². The lowest BCUT2D eigenvalue weighted by Crippen LogP contribution is -2.34. The maximum absolute atomic E-state index is 10.6. The van der Waals surface area contributed by atoms with Gasteiger partial charge in [0.05, 0.1) is 0 Å². The molecule has 2 atom stereocenters. The van der Waals surface area contributed by atoms with Crippen molar-refractivity contribution >= 4 is 5.97 Å². The molecule has 0 spiro atoms. The summed E-state index contributed by atoms with van der Waals surface area (Å²) in [6, 6.07) is 9.79. The Balaban J connectivity index is 2.31. The summed E-state index contributed by atoms with van der Waals surface area (Å²) in [6.45, 7) is 4.54. The van der Waals surface area contributed by atoms with Crippen molar-refractivity contribution in [1.82, 2.24) is 5.32 Å². The van der Waals surface area contributed by atoms with Crippen LogP contribution >= 0.6 is 0 Å². The predicted octanol–water partition coefficient (Wildman–Crippen LogP) is 2.24. The number of carbonyl (C=O) groups is 1. The van der Waals surface area contributed by atoms with Gasteiger partial charge in [0.2, 0.25) is 0 Å². The number of nitrogens with one attached hydrogen (secondary N) is 1. The van der Waals surface area contributed by atoms with Gasteiger partial charge in [-0.2, -0.15) is 0 Å². The smallest absolute Gasteiger partial charge is 0.320 e. The Morgan fingerprint density at radius 1 is 1.31 bits per heavy atom. The second kappa shape index (κ2) is 6.28. The molecule has 0 radical (unpaired) electrons. The summed E-state index contributed by atoms with van der Waals surface area (Å²) >= 11 is 0. The Hall–Kier alpha value is -1.35. The molecule has 0 amide bonds. The van der Waals surface area contributed by atoms with E-state index in [1.54, 1.807) is 6.92 Å². The van der Waals surface area contributed by atoms with Crippen molar-refractivity contribution < 1.29 is 9.90 Å². The van der Waals surface area contributed by atoms with E-state index in [1.165, 1.54) is 5.56 Å². The summed E-state index contributed by atoms with van der Waals surface area (Å²) in [7, 11) is 0. The number of aliphatic carboxylic acids is 1. The highest BCUT2D eigenvalue weighted by atomic mass is 16.4. The second-order valence-corrected chi connectivity index (χ2v) is 4.11. The van der Waals surface area contributed by atoms with Gasteiger partial charge in [0.25, 0.3) is 0 Å². The molecule has 0 fully saturated rings. The summed E-state index contributed by atoms with van der Waals surface area (Å²) in [5.74, 6) is -0.345. The second-order valence-electron chi connectivity index (χ2n) is 4.11. The van der Waals surface area contributed by atoms with Gasteiger partial charge in [-0.3, -0.25) is 4.79 Å². The fourth-order valence-corrected chi connectivity index (χ4v) is 1.55. The van der Waals surface area contributed by atoms with Crippen LogP contribution < -0.4 is 5.32 Å². The van der Waals surface area contributed by atoms with E-state index >= 15 is 0 Å². The largest absolute Gasteiger partial charge is 0.480 e. The average molecular weight is 221 g/mol. The van der Waals surface area contributed by atoms with Crippen molar-refractivity contribution in [3.8, 4) is 0 Å². The Morgan fingerprint density at radius 2 is 1.94 bits per heavy atom. The minimum atomic E-state index is -0.799. The van der Waals surface area contributed by atoms with Crippen molar-refractivity contribution in [3.63, 3.8) is 0 Å². The Morgan fingerprint density at radius 3 is 2.50 bits per heavy atom. The molecule has 3 nitrogen and oxygen atoms in total. The SMILES string of the molecule is CC(CCN[C@H](C)C(=O)O)c1ccccc1. The first-order valence-electron chi connectivity index (χ1n) is 5.62. The maximum atomic E-state index is 10.6. The molecule has 16 heavy (non-hydrogen) atoms. The first-order chi connectivity index (χ1) is 7.61. The molecule has 1 aromatic carbocycles. The molecular weight excluding hydrogens is 202 g/mol. The monoisotopic (exact) mass is 221 g/mol. The Bertz CT molecular complexity index is 324. The quantitative estimate of drug-likeness (QED) is 0.774. The highest BCUT2D eigenvalue weighted by Gasteiger charge is 2.10. The standard InChI is InChI=1S/C13H19NO2/c1-10(12-6-4-3-5-7-12)8-9-14-11(2)13(15)16/h3-7,10-11,14H,8-9H2,1-2H3,(H,15,16)/t10?,11-/m1/s1. The molecule has 1 unspecified atom stereocenters. The zero-order valence-electron chi connectivity index (χ0n) is 9.81. The van der Waals surface area contributed by atoms with Crippen LogP contribution in [0.2, 0.25) is 0 Å². The molecule has 0 heterocycles. The molecule has 1 rings (SSSR count). The summed E-state index contributed by atoms with van der Waals surface area (Å²) in [4.78, 5) is 10.6. The van der Waals surface area contributed by atoms with E-state index in [2.05, 4.69) is 24.4 Å². The van der Waals surface area contributed by atoms with E-state index < -0.39 is 12.0 Å². The molecule has 0 bridgehead atoms. The third kappa shape index (κ3) is 4.03. The van der Waals surface area contributed by atoms with Gasteiger partial charge in [-0.25, -0.2) is 0 Å². The first-order valence-corrected chi connectivity index (χ1v) is 5.62. The minimum absolute atomic E-state index is 0.453. The van der Waals surface area contributed by atoms with Crippen molar-refractivity contribution in [2.45, 2.75) is 32.2 Å². The molecule has 88 valence electrons. The Kier molecular flexibility index (Phi) is 4.99. The summed E-state index contributed by atoms with van der Waals surface area (Å²) in [6.07, 6.45) is 0.946. The van der Waals surface area contributed by atoms with Crippen LogP contribution in [0.1, 0.15) is 31.7 Å². The molecule has 1 aromatic rings. The van der Waals surface area contributed by atoms with Crippen LogP contribution in [-0.2, 0) is 4.79 Å². The van der Waals surface area contributed by atoms with E-state index in [-0.39, 0.29) is 0 Å². The van der Waals surface area contributed by atoms with Crippen molar-refractivity contribution in [3.05, 3.63) is 35.9 Å². The number of carboxylic acids is 1. The summed E-state index contributed by atoms with van der Waals surface area (Å²) in [5, 5.41) is 11.7. The normalized spacial score (nSPS) is 14.4. The van der Waals surface area contributed by atoms with Crippen LogP contribution in [0.3, 0.4) is 0 Å². The molecule has 0 aliphatic carbocycles. The molecule has 0 saturated carbocycles. The van der Waals surface area contributed by atoms with Gasteiger partial charge < -0.3 is 10.4 Å². The molecule has 3 heteroatoms. The van der Waals surface area contributed by atoms with E-state index in [1.807, 2.05) is 18.2 Å². The fourth-order valence-electron chi connectivity index (χ4n) is 1.55. The molecular formula is C13H19NO2. The number of hydrogen-bond acceptors (Lipinski definition) is 2. The number of rotatable bonds is 6. The fraction of sp³-hybridized carbons (Fsp3) is 0.462. The number of hydrogen-bond donors (Lipinski definition) is 2. The van der Waals surface area contributed by atoms with Crippen molar-refractivity contribution in [2.75, 3.05) is 6.54 Å². The zero-order valence-corrected chi connectivity index (χ0v) is 9.81. The molecule has 2 N–H and O–H groups in total. The first kappa shape index (κ1) is 12.7. The van der Waals surface area contributed by atoms with Crippen LogP contribution in [0.5, 0.6) is 0 Å². The van der Waals surface area contributed by atoms with Gasteiger partial charge in [0.1, 0.15) is 6.04 Å². The topological polar surface area (TPSA) is 49.3 Å². The maximum Gasteiger partial charge on any atom is 0.320 e. The van der Waals surface area contributed by atoms with Crippen LogP contribution in [0.4, 0.5) is 0 Å². The van der Waals surface area contributed by atoms with Gasteiger partial charge in [0, 0.05) is 0 Å². The number of benzene rings is 1. The third-order valence-corrected chi connectivity index (χ3v) is 2.77. The van der Waals surface area contributed by atoms with Crippen LogP contribution in [-0.4, -0.2) is 23.7 Å². The van der Waals surface area contributed by atoms with Gasteiger partial charge in [0.15, 0.2) is 0 Å². The van der Waals surface area contributed by atoms with Crippen LogP contribution in [0.15, 0.2) is 30.3 Å². The highest BCUT2D eigenvalue weighted by molar-refractivity contribution is 5.72. The summed E-state index contributed by atoms with van der Waals surface area (Å²) < 4.78 is 0. The number of carboxylic acid groups (broad SMARTS) is 1. The van der Waals surface area contributed by atoms with Gasteiger partial charge in [-0.1, -0.05) is 37.3 Å². The minimum Gasteiger partial charge on any atom is -0.480 e. The molecule has 0 aliphatic heterocycles. The molecule has 0 saturated heterocycles. The zero-order chi connectivity index (χ0) is 12.0.